The second-order valence-electron chi connectivity index (χ2n) is 6.04. The Morgan fingerprint density at radius 3 is 2.41 bits per heavy atom. The van der Waals surface area contributed by atoms with Crippen molar-refractivity contribution < 1.29 is 4.79 Å². The first kappa shape index (κ1) is 16.1. The van der Waals surface area contributed by atoms with Gasteiger partial charge in [-0.2, -0.15) is 5.10 Å². The van der Waals surface area contributed by atoms with Crippen molar-refractivity contribution in [1.29, 1.82) is 0 Å². The van der Waals surface area contributed by atoms with Crippen LogP contribution >= 0.6 is 0 Å². The Hall–Kier alpha value is -2.24. The third-order valence-corrected chi connectivity index (χ3v) is 3.41. The number of nitrogens with zero attached hydrogens (tertiary/aromatic N) is 4. The number of rotatable bonds is 5. The van der Waals surface area contributed by atoms with Crippen molar-refractivity contribution in [2.45, 2.75) is 40.2 Å². The maximum absolute atomic E-state index is 12.6. The molecular formula is C16H23N5O. The zero-order valence-electron chi connectivity index (χ0n) is 13.8. The number of aryl methyl sites for hydroxylation is 3. The summed E-state index contributed by atoms with van der Waals surface area (Å²) in [7, 11) is 1.84. The highest BCUT2D eigenvalue weighted by atomic mass is 16.1. The lowest BCUT2D eigenvalue weighted by Crippen LogP contribution is -2.31. The van der Waals surface area contributed by atoms with Gasteiger partial charge in [0.1, 0.15) is 12.2 Å². The molecule has 2 aromatic rings. The van der Waals surface area contributed by atoms with Gasteiger partial charge in [0, 0.05) is 24.0 Å². The monoisotopic (exact) mass is 301 g/mol. The van der Waals surface area contributed by atoms with Gasteiger partial charge < -0.3 is 5.32 Å². The van der Waals surface area contributed by atoms with E-state index in [9.17, 15) is 4.79 Å². The Labute approximate surface area is 131 Å². The van der Waals surface area contributed by atoms with Gasteiger partial charge in [-0.1, -0.05) is 13.8 Å². The molecule has 1 amide bonds. The molecular weight excluding hydrogens is 278 g/mol. The molecule has 0 bridgehead atoms. The summed E-state index contributed by atoms with van der Waals surface area (Å²) in [6.45, 7) is 8.02. The highest BCUT2D eigenvalue weighted by molar-refractivity contribution is 5.94. The SMILES string of the molecule is Cc1cc(C(=O)N[C@H](CC(C)C)c2ncnn2C)cc(C)n1. The van der Waals surface area contributed by atoms with Gasteiger partial charge in [-0.05, 0) is 38.3 Å². The Morgan fingerprint density at radius 1 is 1.27 bits per heavy atom. The van der Waals surface area contributed by atoms with Crippen LogP contribution in [-0.4, -0.2) is 25.7 Å². The van der Waals surface area contributed by atoms with E-state index in [0.717, 1.165) is 23.6 Å². The Morgan fingerprint density at radius 2 is 1.91 bits per heavy atom. The largest absolute Gasteiger partial charge is 0.342 e. The van der Waals surface area contributed by atoms with Crippen LogP contribution < -0.4 is 5.32 Å². The van der Waals surface area contributed by atoms with Crippen molar-refractivity contribution >= 4 is 5.91 Å². The summed E-state index contributed by atoms with van der Waals surface area (Å²) in [4.78, 5) is 21.1. The molecule has 0 radical (unpaired) electrons. The van der Waals surface area contributed by atoms with Gasteiger partial charge in [-0.25, -0.2) is 4.98 Å². The molecule has 0 saturated heterocycles. The van der Waals surface area contributed by atoms with Crippen LogP contribution in [0.15, 0.2) is 18.5 Å². The third-order valence-electron chi connectivity index (χ3n) is 3.41. The van der Waals surface area contributed by atoms with Crippen molar-refractivity contribution in [2.75, 3.05) is 0 Å². The van der Waals surface area contributed by atoms with Crippen molar-refractivity contribution in [2.24, 2.45) is 13.0 Å². The number of carbonyl (C=O) groups excluding carboxylic acids is 1. The van der Waals surface area contributed by atoms with Gasteiger partial charge in [0.15, 0.2) is 0 Å². The van der Waals surface area contributed by atoms with Crippen molar-refractivity contribution in [3.8, 4) is 0 Å². The van der Waals surface area contributed by atoms with Gasteiger partial charge in [-0.3, -0.25) is 14.5 Å². The number of aromatic nitrogens is 4. The van der Waals surface area contributed by atoms with Crippen LogP contribution in [0.2, 0.25) is 0 Å². The third kappa shape index (κ3) is 3.90. The first-order valence-corrected chi connectivity index (χ1v) is 7.47. The molecule has 1 atom stereocenters. The van der Waals surface area contributed by atoms with Crippen LogP contribution in [-0.2, 0) is 7.05 Å². The molecule has 22 heavy (non-hydrogen) atoms. The molecule has 0 aliphatic carbocycles. The zero-order valence-corrected chi connectivity index (χ0v) is 13.8. The lowest BCUT2D eigenvalue weighted by molar-refractivity contribution is 0.0928. The fraction of sp³-hybridized carbons (Fsp3) is 0.500. The van der Waals surface area contributed by atoms with Crippen molar-refractivity contribution in [3.63, 3.8) is 0 Å². The smallest absolute Gasteiger partial charge is 0.252 e. The van der Waals surface area contributed by atoms with E-state index in [1.165, 1.54) is 6.33 Å². The molecule has 0 spiro atoms. The maximum atomic E-state index is 12.6. The molecule has 118 valence electrons. The average Bonchev–Trinajstić information content (AvgIpc) is 2.82. The average molecular weight is 301 g/mol. The van der Waals surface area contributed by atoms with E-state index in [0.29, 0.717) is 11.5 Å². The predicted octanol–water partition coefficient (Wildman–Crippen LogP) is 2.34. The van der Waals surface area contributed by atoms with E-state index in [4.69, 9.17) is 0 Å². The normalized spacial score (nSPS) is 12.5. The van der Waals surface area contributed by atoms with Crippen LogP contribution in [0.3, 0.4) is 0 Å². The highest BCUT2D eigenvalue weighted by Gasteiger charge is 2.21. The van der Waals surface area contributed by atoms with E-state index in [1.807, 2.05) is 20.9 Å². The molecule has 2 rings (SSSR count). The van der Waals surface area contributed by atoms with E-state index < -0.39 is 0 Å². The van der Waals surface area contributed by atoms with Crippen LogP contribution in [0, 0.1) is 19.8 Å². The number of carbonyl (C=O) groups is 1. The van der Waals surface area contributed by atoms with E-state index in [1.54, 1.807) is 16.8 Å². The van der Waals surface area contributed by atoms with Crippen LogP contribution in [0.4, 0.5) is 0 Å². The topological polar surface area (TPSA) is 72.7 Å². The minimum absolute atomic E-state index is 0.109. The summed E-state index contributed by atoms with van der Waals surface area (Å²) in [6, 6.07) is 3.44. The molecule has 0 aliphatic heterocycles. The van der Waals surface area contributed by atoms with E-state index >= 15 is 0 Å². The summed E-state index contributed by atoms with van der Waals surface area (Å²) in [6.07, 6.45) is 2.32. The first-order chi connectivity index (χ1) is 10.4. The molecule has 0 aliphatic rings. The second kappa shape index (κ2) is 6.68. The molecule has 0 aromatic carbocycles. The van der Waals surface area contributed by atoms with E-state index in [-0.39, 0.29) is 11.9 Å². The Balaban J connectivity index is 2.23. The summed E-state index contributed by atoms with van der Waals surface area (Å²) < 4.78 is 1.70. The number of hydrogen-bond donors (Lipinski definition) is 1. The van der Waals surface area contributed by atoms with Crippen LogP contribution in [0.1, 0.15) is 53.9 Å². The molecule has 2 heterocycles. The lowest BCUT2D eigenvalue weighted by atomic mass is 10.0. The quantitative estimate of drug-likeness (QED) is 0.920. The summed E-state index contributed by atoms with van der Waals surface area (Å²) in [5.41, 5.74) is 2.30. The minimum Gasteiger partial charge on any atom is -0.342 e. The second-order valence-corrected chi connectivity index (χ2v) is 6.04. The zero-order chi connectivity index (χ0) is 16.3. The van der Waals surface area contributed by atoms with Crippen molar-refractivity contribution in [1.82, 2.24) is 25.1 Å². The molecule has 0 fully saturated rings. The summed E-state index contributed by atoms with van der Waals surface area (Å²) in [5, 5.41) is 7.17. The highest BCUT2D eigenvalue weighted by Crippen LogP contribution is 2.19. The molecule has 6 heteroatoms. The number of nitrogens with one attached hydrogen (secondary N) is 1. The fourth-order valence-corrected chi connectivity index (χ4v) is 2.53. The standard InChI is InChI=1S/C16H23N5O/c1-10(2)6-14(15-17-9-18-21(15)5)20-16(22)13-7-11(3)19-12(4)8-13/h7-10,14H,6H2,1-5H3,(H,20,22)/t14-/m1/s1. The van der Waals surface area contributed by atoms with Gasteiger partial charge in [0.25, 0.3) is 5.91 Å². The minimum atomic E-state index is -0.159. The van der Waals surface area contributed by atoms with Crippen LogP contribution in [0.25, 0.3) is 0 Å². The predicted molar refractivity (Wildman–Crippen MR) is 84.4 cm³/mol. The first-order valence-electron chi connectivity index (χ1n) is 7.47. The number of pyridine rings is 1. The summed E-state index contributed by atoms with van der Waals surface area (Å²) >= 11 is 0. The van der Waals surface area contributed by atoms with Crippen molar-refractivity contribution in [3.05, 3.63) is 41.2 Å². The van der Waals surface area contributed by atoms with E-state index in [2.05, 4.69) is 34.2 Å². The Bertz CT molecular complexity index is 642. The maximum Gasteiger partial charge on any atom is 0.252 e. The molecule has 6 nitrogen and oxygen atoms in total. The molecule has 1 N–H and O–H groups in total. The lowest BCUT2D eigenvalue weighted by Gasteiger charge is -2.20. The molecule has 2 aromatic heterocycles. The van der Waals surface area contributed by atoms with Gasteiger partial charge in [0.05, 0.1) is 6.04 Å². The number of amides is 1. The van der Waals surface area contributed by atoms with Gasteiger partial charge >= 0.3 is 0 Å². The fourth-order valence-electron chi connectivity index (χ4n) is 2.53. The number of hydrogen-bond acceptors (Lipinski definition) is 4. The van der Waals surface area contributed by atoms with Crippen LogP contribution in [0.5, 0.6) is 0 Å². The molecule has 0 saturated carbocycles. The molecule has 0 unspecified atom stereocenters. The van der Waals surface area contributed by atoms with Gasteiger partial charge in [0.2, 0.25) is 0 Å². The Kier molecular flexibility index (Phi) is 4.90. The summed E-state index contributed by atoms with van der Waals surface area (Å²) in [5.74, 6) is 1.09. The van der Waals surface area contributed by atoms with Gasteiger partial charge in [-0.15, -0.1) is 0 Å².